The van der Waals surface area contributed by atoms with Gasteiger partial charge in [-0.2, -0.15) is 4.57 Å². The molecule has 0 saturated carbocycles. The monoisotopic (exact) mass is 528 g/mol. The highest BCUT2D eigenvalue weighted by molar-refractivity contribution is 7.99. The third-order valence-electron chi connectivity index (χ3n) is 7.17. The first-order valence-electron chi connectivity index (χ1n) is 14.6. The normalized spacial score (nSPS) is 13.3. The Bertz CT molecular complexity index is 2110. The summed E-state index contributed by atoms with van der Waals surface area (Å²) in [5.41, 5.74) is 5.74. The maximum atomic E-state index is 7.92. The Hall–Kier alpha value is -4.35. The molecule has 190 valence electrons. The molecule has 0 aliphatic heterocycles. The molecule has 0 fully saturated rings. The summed E-state index contributed by atoms with van der Waals surface area (Å²) >= 11 is 1.71. The molecule has 0 bridgehead atoms. The fourth-order valence-electron chi connectivity index (χ4n) is 5.39. The average Bonchev–Trinajstić information content (AvgIpc) is 3.53. The second kappa shape index (κ2) is 9.44. The van der Waals surface area contributed by atoms with Crippen molar-refractivity contribution in [2.24, 2.45) is 0 Å². The largest absolute Gasteiger partial charge is 0.294 e. The van der Waals surface area contributed by atoms with Crippen LogP contribution in [0.15, 0.2) is 125 Å². The van der Waals surface area contributed by atoms with E-state index >= 15 is 0 Å². The van der Waals surface area contributed by atoms with Crippen molar-refractivity contribution in [1.82, 2.24) is 14.1 Å². The highest BCUT2D eigenvalue weighted by atomic mass is 32.2. The molecule has 5 heteroatoms. The summed E-state index contributed by atoms with van der Waals surface area (Å²) in [6.07, 6.45) is 3.76. The van der Waals surface area contributed by atoms with Crippen molar-refractivity contribution < 1.29 is 8.68 Å². The van der Waals surface area contributed by atoms with E-state index in [-0.39, 0.29) is 5.56 Å². The van der Waals surface area contributed by atoms with Crippen LogP contribution in [0.1, 0.15) is 29.6 Å². The summed E-state index contributed by atoms with van der Waals surface area (Å²) < 4.78 is 30.4. The molecule has 0 aliphatic carbocycles. The molecular formula is C34H29N4S+. The van der Waals surface area contributed by atoms with Crippen molar-refractivity contribution in [3.63, 3.8) is 0 Å². The molecule has 0 atom stereocenters. The molecule has 3 aromatic heterocycles. The molecule has 4 nitrogen and oxygen atoms in total. The smallest absolute Gasteiger partial charge is 0.250 e. The summed E-state index contributed by atoms with van der Waals surface area (Å²) in [5, 5.41) is 2.20. The summed E-state index contributed by atoms with van der Waals surface area (Å²) in [6.45, 7) is 2.20. The lowest BCUT2D eigenvalue weighted by atomic mass is 10.2. The molecule has 0 aliphatic rings. The van der Waals surface area contributed by atoms with E-state index in [4.69, 9.17) is 4.11 Å². The third kappa shape index (κ3) is 4.10. The summed E-state index contributed by atoms with van der Waals surface area (Å²) in [7, 11) is 0. The highest BCUT2D eigenvalue weighted by Gasteiger charge is 2.19. The topological polar surface area (TPSA) is 26.6 Å². The second-order valence-corrected chi connectivity index (χ2v) is 11.2. The van der Waals surface area contributed by atoms with E-state index in [0.717, 1.165) is 37.3 Å². The van der Waals surface area contributed by atoms with Crippen LogP contribution < -0.4 is 4.57 Å². The first kappa shape index (κ1) is 20.6. The number of aryl methyl sites for hydroxylation is 1. The standard InChI is InChI=1S/C34H29N4S/c1-23(2)36-22-37(32-14-7-6-13-31(32)36)25-9-8-10-26(20-25)39-27-15-16-29-28-11-4-5-12-30(28)38(33(29)21-27)34-19-24(3)17-18-35-34/h4-23H,1-3H3/q+1/i3D3. The van der Waals surface area contributed by atoms with Crippen molar-refractivity contribution in [3.8, 4) is 11.5 Å². The summed E-state index contributed by atoms with van der Waals surface area (Å²) in [4.78, 5) is 6.81. The molecular weight excluding hydrogens is 496 g/mol. The van der Waals surface area contributed by atoms with Crippen molar-refractivity contribution in [1.29, 1.82) is 0 Å². The van der Waals surface area contributed by atoms with Crippen LogP contribution >= 0.6 is 11.8 Å². The van der Waals surface area contributed by atoms with Gasteiger partial charge >= 0.3 is 0 Å². The van der Waals surface area contributed by atoms with Gasteiger partial charge in [-0.15, -0.1) is 0 Å². The van der Waals surface area contributed by atoms with E-state index in [9.17, 15) is 0 Å². The minimum absolute atomic E-state index is 0.275. The number of pyridine rings is 1. The predicted octanol–water partition coefficient (Wildman–Crippen LogP) is 8.45. The van der Waals surface area contributed by atoms with Gasteiger partial charge in [0, 0.05) is 30.9 Å². The van der Waals surface area contributed by atoms with Gasteiger partial charge in [0.25, 0.3) is 0 Å². The van der Waals surface area contributed by atoms with Crippen LogP contribution in [0.5, 0.6) is 0 Å². The van der Waals surface area contributed by atoms with E-state index in [0.29, 0.717) is 11.9 Å². The molecule has 0 radical (unpaired) electrons. The number of imidazole rings is 1. The molecule has 4 aromatic carbocycles. The number of hydrogen-bond acceptors (Lipinski definition) is 2. The zero-order chi connectivity index (χ0) is 29.0. The molecule has 39 heavy (non-hydrogen) atoms. The highest BCUT2D eigenvalue weighted by Crippen LogP contribution is 2.36. The van der Waals surface area contributed by atoms with E-state index < -0.39 is 6.85 Å². The summed E-state index contributed by atoms with van der Waals surface area (Å²) in [5.74, 6) is 0.594. The van der Waals surface area contributed by atoms with Crippen molar-refractivity contribution in [3.05, 3.63) is 121 Å². The van der Waals surface area contributed by atoms with Crippen molar-refractivity contribution >= 4 is 44.6 Å². The molecule has 0 spiro atoms. The van der Waals surface area contributed by atoms with Crippen LogP contribution in [0.2, 0.25) is 0 Å². The van der Waals surface area contributed by atoms with Gasteiger partial charge in [-0.05, 0) is 86.9 Å². The predicted molar refractivity (Wildman–Crippen MR) is 161 cm³/mol. The number of fused-ring (bicyclic) bond motifs is 4. The second-order valence-electron chi connectivity index (χ2n) is 10.0. The van der Waals surface area contributed by atoms with E-state index in [2.05, 4.69) is 118 Å². The number of para-hydroxylation sites is 3. The van der Waals surface area contributed by atoms with Gasteiger partial charge < -0.3 is 0 Å². The summed E-state index contributed by atoms with van der Waals surface area (Å²) in [6, 6.07) is 35.4. The van der Waals surface area contributed by atoms with E-state index in [1.165, 1.54) is 11.0 Å². The lowest BCUT2D eigenvalue weighted by Crippen LogP contribution is -2.34. The maximum absolute atomic E-state index is 7.92. The Kier molecular flexibility index (Phi) is 4.98. The van der Waals surface area contributed by atoms with Crippen molar-refractivity contribution in [2.45, 2.75) is 36.5 Å². The van der Waals surface area contributed by atoms with Crippen LogP contribution in [-0.4, -0.2) is 14.1 Å². The minimum Gasteiger partial charge on any atom is -0.294 e. The quantitative estimate of drug-likeness (QED) is 0.210. The molecule has 3 heterocycles. The van der Waals surface area contributed by atoms with Crippen molar-refractivity contribution in [2.75, 3.05) is 0 Å². The van der Waals surface area contributed by atoms with E-state index in [1.807, 2.05) is 12.1 Å². The van der Waals surface area contributed by atoms with Crippen LogP contribution in [0, 0.1) is 6.85 Å². The number of rotatable bonds is 5. The fourth-order valence-corrected chi connectivity index (χ4v) is 6.29. The Morgan fingerprint density at radius 3 is 2.44 bits per heavy atom. The van der Waals surface area contributed by atoms with Gasteiger partial charge in [0.15, 0.2) is 11.0 Å². The van der Waals surface area contributed by atoms with E-state index in [1.54, 1.807) is 30.1 Å². The zero-order valence-electron chi connectivity index (χ0n) is 24.7. The Balaban J connectivity index is 1.32. The fraction of sp³-hybridized carbons (Fsp3) is 0.118. The third-order valence-corrected chi connectivity index (χ3v) is 8.15. The lowest BCUT2D eigenvalue weighted by molar-refractivity contribution is -0.691. The number of nitrogens with zero attached hydrogens (tertiary/aromatic N) is 4. The van der Waals surface area contributed by atoms with Gasteiger partial charge in [-0.3, -0.25) is 4.57 Å². The lowest BCUT2D eigenvalue weighted by Gasteiger charge is -2.09. The van der Waals surface area contributed by atoms with Gasteiger partial charge in [0.2, 0.25) is 6.33 Å². The SMILES string of the molecule is [2H]C([2H])([2H])c1ccnc(-n2c3ccccc3c3ccc(Sc4cccc(-n5c[n+](C(C)C)c6ccccc65)c4)cc32)c1. The number of aromatic nitrogens is 4. The Morgan fingerprint density at radius 1 is 0.769 bits per heavy atom. The van der Waals surface area contributed by atoms with Gasteiger partial charge in [0.05, 0.1) is 17.1 Å². The zero-order valence-corrected chi connectivity index (χ0v) is 22.6. The molecule has 7 rings (SSSR count). The van der Waals surface area contributed by atoms with Crippen LogP contribution in [0.4, 0.5) is 0 Å². The minimum atomic E-state index is -2.21. The first-order chi connectivity index (χ1) is 20.3. The first-order valence-corrected chi connectivity index (χ1v) is 13.9. The maximum Gasteiger partial charge on any atom is 0.250 e. The van der Waals surface area contributed by atoms with Gasteiger partial charge in [-0.25, -0.2) is 9.55 Å². The van der Waals surface area contributed by atoms with Gasteiger partial charge in [0.1, 0.15) is 11.5 Å². The molecule has 0 amide bonds. The molecule has 0 unspecified atom stereocenters. The molecule has 0 saturated heterocycles. The average molecular weight is 529 g/mol. The Labute approximate surface area is 236 Å². The Morgan fingerprint density at radius 2 is 1.56 bits per heavy atom. The van der Waals surface area contributed by atoms with Gasteiger partial charge in [-0.1, -0.05) is 54.2 Å². The van der Waals surface area contributed by atoms with Crippen LogP contribution in [-0.2, 0) is 0 Å². The molecule has 7 aromatic rings. The van der Waals surface area contributed by atoms with Crippen LogP contribution in [0.25, 0.3) is 44.3 Å². The number of hydrogen-bond donors (Lipinski definition) is 0. The van der Waals surface area contributed by atoms with Crippen LogP contribution in [0.3, 0.4) is 0 Å². The molecule has 0 N–H and O–H groups in total. The number of benzene rings is 4.